The van der Waals surface area contributed by atoms with Gasteiger partial charge in [-0.15, -0.1) is 0 Å². The second-order valence-corrected chi connectivity index (χ2v) is 5.08. The summed E-state index contributed by atoms with van der Waals surface area (Å²) in [7, 11) is 0. The number of hydrogen-bond acceptors (Lipinski definition) is 3. The van der Waals surface area contributed by atoms with Crippen LogP contribution in [-0.2, 0) is 6.54 Å². The van der Waals surface area contributed by atoms with Crippen molar-refractivity contribution >= 4 is 0 Å². The third-order valence-electron chi connectivity index (χ3n) is 3.12. The molecule has 0 amide bonds. The molecule has 4 heteroatoms. The first-order valence-corrected chi connectivity index (χ1v) is 7.16. The van der Waals surface area contributed by atoms with Crippen LogP contribution in [0.4, 0.5) is 0 Å². The maximum Gasteiger partial charge on any atom is 0.119 e. The van der Waals surface area contributed by atoms with Crippen molar-refractivity contribution in [1.29, 1.82) is 0 Å². The lowest BCUT2D eigenvalue weighted by molar-refractivity contribution is 0.307. The third-order valence-corrected chi connectivity index (χ3v) is 3.12. The quantitative estimate of drug-likeness (QED) is 0.751. The number of nitrogens with one attached hydrogen (secondary N) is 1. The number of aromatic nitrogens is 2. The Kier molecular flexibility index (Phi) is 5.62. The first-order chi connectivity index (χ1) is 9.77. The van der Waals surface area contributed by atoms with E-state index in [1.807, 2.05) is 42.9 Å². The Bertz CT molecular complexity index is 493. The zero-order valence-electron chi connectivity index (χ0n) is 12.2. The first kappa shape index (κ1) is 14.6. The van der Waals surface area contributed by atoms with Gasteiger partial charge in [-0.05, 0) is 38.9 Å². The van der Waals surface area contributed by atoms with Crippen LogP contribution in [-0.4, -0.2) is 22.7 Å². The van der Waals surface area contributed by atoms with E-state index >= 15 is 0 Å². The molecule has 0 unspecified atom stereocenters. The summed E-state index contributed by atoms with van der Waals surface area (Å²) in [5.74, 6) is 0.936. The minimum Gasteiger partial charge on any atom is -0.494 e. The maximum absolute atomic E-state index is 5.65. The Morgan fingerprint density at radius 2 is 2.05 bits per heavy atom. The van der Waals surface area contributed by atoms with Gasteiger partial charge >= 0.3 is 0 Å². The second kappa shape index (κ2) is 7.70. The Balaban J connectivity index is 1.61. The summed E-state index contributed by atoms with van der Waals surface area (Å²) in [5.41, 5.74) is 1.23. The molecule has 2 rings (SSSR count). The largest absolute Gasteiger partial charge is 0.494 e. The third kappa shape index (κ3) is 4.38. The number of nitrogens with zero attached hydrogens (tertiary/aromatic N) is 2. The smallest absolute Gasteiger partial charge is 0.119 e. The molecule has 20 heavy (non-hydrogen) atoms. The van der Waals surface area contributed by atoms with E-state index in [-0.39, 0.29) is 0 Å². The van der Waals surface area contributed by atoms with Crippen LogP contribution >= 0.6 is 0 Å². The first-order valence-electron chi connectivity index (χ1n) is 7.16. The van der Waals surface area contributed by atoms with E-state index in [0.717, 1.165) is 31.9 Å². The second-order valence-electron chi connectivity index (χ2n) is 5.08. The lowest BCUT2D eigenvalue weighted by atomic mass is 10.3. The van der Waals surface area contributed by atoms with Gasteiger partial charge in [0.25, 0.3) is 0 Å². The molecular formula is C16H23N3O. The van der Waals surface area contributed by atoms with Gasteiger partial charge in [0, 0.05) is 18.8 Å². The van der Waals surface area contributed by atoms with Crippen LogP contribution < -0.4 is 10.1 Å². The Labute approximate surface area is 120 Å². The molecule has 1 N–H and O–H groups in total. The number of para-hydroxylation sites is 1. The van der Waals surface area contributed by atoms with Crippen LogP contribution in [0, 0.1) is 0 Å². The molecule has 0 fully saturated rings. The van der Waals surface area contributed by atoms with Crippen LogP contribution in [0.25, 0.3) is 0 Å². The predicted octanol–water partition coefficient (Wildman–Crippen LogP) is 3.02. The number of hydrogen-bond donors (Lipinski definition) is 1. The molecule has 4 nitrogen and oxygen atoms in total. The average molecular weight is 273 g/mol. The van der Waals surface area contributed by atoms with Gasteiger partial charge in [-0.1, -0.05) is 18.2 Å². The van der Waals surface area contributed by atoms with Crippen LogP contribution in [0.15, 0.2) is 42.9 Å². The molecule has 0 atom stereocenters. The highest BCUT2D eigenvalue weighted by Gasteiger charge is 2.04. The lowest BCUT2D eigenvalue weighted by Crippen LogP contribution is -2.19. The van der Waals surface area contributed by atoms with Gasteiger partial charge in [0.2, 0.25) is 0 Å². The summed E-state index contributed by atoms with van der Waals surface area (Å²) < 4.78 is 7.84. The fourth-order valence-corrected chi connectivity index (χ4v) is 2.05. The van der Waals surface area contributed by atoms with Gasteiger partial charge < -0.3 is 14.6 Å². The standard InChI is InChI=1S/C16H23N3O/c1-14(2)19-13-18-12-15(19)11-17-9-6-10-20-16-7-4-3-5-8-16/h3-5,7-8,12-14,17H,6,9-11H2,1-2H3. The van der Waals surface area contributed by atoms with E-state index < -0.39 is 0 Å². The van der Waals surface area contributed by atoms with E-state index in [0.29, 0.717) is 6.04 Å². The lowest BCUT2D eigenvalue weighted by Gasteiger charge is -2.12. The van der Waals surface area contributed by atoms with Crippen molar-refractivity contribution in [3.8, 4) is 5.75 Å². The van der Waals surface area contributed by atoms with Gasteiger partial charge in [-0.3, -0.25) is 0 Å². The predicted molar refractivity (Wildman–Crippen MR) is 80.9 cm³/mol. The molecule has 0 saturated heterocycles. The van der Waals surface area contributed by atoms with Gasteiger partial charge in [0.15, 0.2) is 0 Å². The van der Waals surface area contributed by atoms with Crippen molar-refractivity contribution in [2.45, 2.75) is 32.9 Å². The summed E-state index contributed by atoms with van der Waals surface area (Å²) >= 11 is 0. The fourth-order valence-electron chi connectivity index (χ4n) is 2.05. The van der Waals surface area contributed by atoms with Crippen molar-refractivity contribution in [3.63, 3.8) is 0 Å². The Hall–Kier alpha value is -1.81. The molecule has 0 bridgehead atoms. The number of ether oxygens (including phenoxy) is 1. The molecule has 0 aliphatic heterocycles. The zero-order valence-corrected chi connectivity index (χ0v) is 12.2. The van der Waals surface area contributed by atoms with Crippen molar-refractivity contribution in [2.75, 3.05) is 13.2 Å². The monoisotopic (exact) mass is 273 g/mol. The molecule has 0 spiro atoms. The highest BCUT2D eigenvalue weighted by atomic mass is 16.5. The van der Waals surface area contributed by atoms with Crippen LogP contribution in [0.2, 0.25) is 0 Å². The van der Waals surface area contributed by atoms with Crippen molar-refractivity contribution in [1.82, 2.24) is 14.9 Å². The normalized spacial score (nSPS) is 10.9. The van der Waals surface area contributed by atoms with Gasteiger partial charge in [0.1, 0.15) is 5.75 Å². The molecule has 108 valence electrons. The molecule has 1 aromatic carbocycles. The molecule has 1 aromatic heterocycles. The summed E-state index contributed by atoms with van der Waals surface area (Å²) in [6, 6.07) is 10.4. The number of benzene rings is 1. The summed E-state index contributed by atoms with van der Waals surface area (Å²) in [4.78, 5) is 4.20. The maximum atomic E-state index is 5.65. The average Bonchev–Trinajstić information content (AvgIpc) is 2.92. The van der Waals surface area contributed by atoms with Crippen molar-refractivity contribution in [2.24, 2.45) is 0 Å². The van der Waals surface area contributed by atoms with Crippen LogP contribution in [0.3, 0.4) is 0 Å². The van der Waals surface area contributed by atoms with Crippen molar-refractivity contribution in [3.05, 3.63) is 48.5 Å². The summed E-state index contributed by atoms with van der Waals surface area (Å²) in [6.45, 7) is 6.86. The highest BCUT2D eigenvalue weighted by Crippen LogP contribution is 2.09. The van der Waals surface area contributed by atoms with Gasteiger partial charge in [-0.2, -0.15) is 0 Å². The molecule has 0 radical (unpaired) electrons. The number of rotatable bonds is 8. The SMILES string of the molecule is CC(C)n1cncc1CNCCCOc1ccccc1. The van der Waals surface area contributed by atoms with E-state index in [9.17, 15) is 0 Å². The molecule has 0 saturated carbocycles. The molecule has 1 heterocycles. The fraction of sp³-hybridized carbons (Fsp3) is 0.438. The topological polar surface area (TPSA) is 39.1 Å². The molecule has 0 aliphatic carbocycles. The van der Waals surface area contributed by atoms with Gasteiger partial charge in [-0.25, -0.2) is 4.98 Å². The van der Waals surface area contributed by atoms with E-state index in [1.54, 1.807) is 0 Å². The van der Waals surface area contributed by atoms with E-state index in [4.69, 9.17) is 4.74 Å². The highest BCUT2D eigenvalue weighted by molar-refractivity contribution is 5.20. The van der Waals surface area contributed by atoms with Crippen molar-refractivity contribution < 1.29 is 4.74 Å². The van der Waals surface area contributed by atoms with Crippen LogP contribution in [0.5, 0.6) is 5.75 Å². The number of imidazole rings is 1. The van der Waals surface area contributed by atoms with E-state index in [2.05, 4.69) is 28.7 Å². The summed E-state index contributed by atoms with van der Waals surface area (Å²) in [6.07, 6.45) is 4.80. The molecular weight excluding hydrogens is 250 g/mol. The minimum atomic E-state index is 0.454. The van der Waals surface area contributed by atoms with Crippen LogP contribution in [0.1, 0.15) is 32.0 Å². The Morgan fingerprint density at radius 3 is 2.80 bits per heavy atom. The molecule has 0 aliphatic rings. The van der Waals surface area contributed by atoms with E-state index in [1.165, 1.54) is 5.69 Å². The van der Waals surface area contributed by atoms with Gasteiger partial charge in [0.05, 0.1) is 18.6 Å². The Morgan fingerprint density at radius 1 is 1.25 bits per heavy atom. The zero-order chi connectivity index (χ0) is 14.2. The summed E-state index contributed by atoms with van der Waals surface area (Å²) in [5, 5.41) is 3.43. The minimum absolute atomic E-state index is 0.454. The molecule has 2 aromatic rings.